The van der Waals surface area contributed by atoms with E-state index < -0.39 is 0 Å². The minimum Gasteiger partial charge on any atom is -0.398 e. The van der Waals surface area contributed by atoms with Crippen molar-refractivity contribution in [3.05, 3.63) is 41.3 Å². The smallest absolute Gasteiger partial charge is 0.126 e. The standard InChI is InChI=1S/C13H15N3/c1-8-4-5-12(14)11(6-8)13-7-9(2)15-10(3)16-13/h4-7H,14H2,1-3H3. The topological polar surface area (TPSA) is 51.8 Å². The molecule has 1 aromatic carbocycles. The van der Waals surface area contributed by atoms with Crippen LogP contribution in [0.4, 0.5) is 5.69 Å². The SMILES string of the molecule is Cc1ccc(N)c(-c2cc(C)nc(C)n2)c1. The van der Waals surface area contributed by atoms with Crippen molar-refractivity contribution < 1.29 is 0 Å². The number of aryl methyl sites for hydroxylation is 3. The molecule has 0 aliphatic heterocycles. The molecule has 0 fully saturated rings. The van der Waals surface area contributed by atoms with Crippen LogP contribution >= 0.6 is 0 Å². The fourth-order valence-electron chi connectivity index (χ4n) is 1.75. The number of nitrogens with zero attached hydrogens (tertiary/aromatic N) is 2. The highest BCUT2D eigenvalue weighted by molar-refractivity contribution is 5.74. The van der Waals surface area contributed by atoms with E-state index in [1.54, 1.807) is 0 Å². The molecule has 0 amide bonds. The number of nitrogen functional groups attached to an aromatic ring is 1. The van der Waals surface area contributed by atoms with Crippen molar-refractivity contribution in [2.45, 2.75) is 20.8 Å². The summed E-state index contributed by atoms with van der Waals surface area (Å²) in [7, 11) is 0. The summed E-state index contributed by atoms with van der Waals surface area (Å²) in [6.07, 6.45) is 0. The van der Waals surface area contributed by atoms with E-state index in [-0.39, 0.29) is 0 Å². The molecule has 2 aromatic rings. The van der Waals surface area contributed by atoms with Crippen molar-refractivity contribution >= 4 is 5.69 Å². The lowest BCUT2D eigenvalue weighted by atomic mass is 10.1. The number of anilines is 1. The maximum absolute atomic E-state index is 5.96. The summed E-state index contributed by atoms with van der Waals surface area (Å²) in [5.41, 5.74) is 10.7. The van der Waals surface area contributed by atoms with Gasteiger partial charge in [-0.3, -0.25) is 0 Å². The summed E-state index contributed by atoms with van der Waals surface area (Å²) < 4.78 is 0. The van der Waals surface area contributed by atoms with Gasteiger partial charge < -0.3 is 5.73 Å². The van der Waals surface area contributed by atoms with E-state index in [4.69, 9.17) is 5.73 Å². The quantitative estimate of drug-likeness (QED) is 0.741. The summed E-state index contributed by atoms with van der Waals surface area (Å²) in [5.74, 6) is 0.774. The Labute approximate surface area is 95.4 Å². The lowest BCUT2D eigenvalue weighted by molar-refractivity contribution is 1.02. The van der Waals surface area contributed by atoms with Crippen LogP contribution in [0, 0.1) is 20.8 Å². The molecule has 0 saturated carbocycles. The van der Waals surface area contributed by atoms with Crippen LogP contribution in [-0.4, -0.2) is 9.97 Å². The number of nitrogens with two attached hydrogens (primary N) is 1. The molecule has 0 unspecified atom stereocenters. The van der Waals surface area contributed by atoms with Crippen LogP contribution in [0.5, 0.6) is 0 Å². The second kappa shape index (κ2) is 3.93. The molecule has 2 rings (SSSR count). The normalized spacial score (nSPS) is 10.4. The van der Waals surface area contributed by atoms with Crippen molar-refractivity contribution in [3.63, 3.8) is 0 Å². The van der Waals surface area contributed by atoms with Crippen molar-refractivity contribution in [1.29, 1.82) is 0 Å². The van der Waals surface area contributed by atoms with Crippen molar-refractivity contribution in [2.24, 2.45) is 0 Å². The molecule has 0 aliphatic carbocycles. The summed E-state index contributed by atoms with van der Waals surface area (Å²) in [6, 6.07) is 7.92. The summed E-state index contributed by atoms with van der Waals surface area (Å²) in [6.45, 7) is 5.90. The molecule has 0 saturated heterocycles. The van der Waals surface area contributed by atoms with Gasteiger partial charge in [0.1, 0.15) is 5.82 Å². The molecule has 0 bridgehead atoms. The molecular formula is C13H15N3. The van der Waals surface area contributed by atoms with E-state index >= 15 is 0 Å². The zero-order valence-electron chi connectivity index (χ0n) is 9.78. The monoisotopic (exact) mass is 213 g/mol. The Kier molecular flexibility index (Phi) is 2.60. The predicted molar refractivity (Wildman–Crippen MR) is 66.1 cm³/mol. The molecule has 1 aromatic heterocycles. The van der Waals surface area contributed by atoms with Crippen LogP contribution < -0.4 is 5.73 Å². The Hall–Kier alpha value is -1.90. The number of benzene rings is 1. The molecule has 2 N–H and O–H groups in total. The first-order chi connectivity index (χ1) is 7.56. The van der Waals surface area contributed by atoms with Crippen LogP contribution in [-0.2, 0) is 0 Å². The van der Waals surface area contributed by atoms with Gasteiger partial charge in [-0.25, -0.2) is 9.97 Å². The van der Waals surface area contributed by atoms with E-state index in [1.165, 1.54) is 5.56 Å². The van der Waals surface area contributed by atoms with E-state index in [9.17, 15) is 0 Å². The largest absolute Gasteiger partial charge is 0.398 e. The van der Waals surface area contributed by atoms with Gasteiger partial charge in [0, 0.05) is 16.9 Å². The number of hydrogen-bond donors (Lipinski definition) is 1. The lowest BCUT2D eigenvalue weighted by Gasteiger charge is -2.07. The second-order valence-electron chi connectivity index (χ2n) is 4.03. The van der Waals surface area contributed by atoms with E-state index in [0.29, 0.717) is 0 Å². The zero-order chi connectivity index (χ0) is 11.7. The molecule has 0 atom stereocenters. The summed E-state index contributed by atoms with van der Waals surface area (Å²) in [4.78, 5) is 8.68. The zero-order valence-corrected chi connectivity index (χ0v) is 9.78. The van der Waals surface area contributed by atoms with Crippen molar-refractivity contribution in [2.75, 3.05) is 5.73 Å². The highest BCUT2D eigenvalue weighted by atomic mass is 14.9. The van der Waals surface area contributed by atoms with Gasteiger partial charge in [-0.05, 0) is 39.0 Å². The van der Waals surface area contributed by atoms with Gasteiger partial charge in [0.05, 0.1) is 5.69 Å². The molecule has 1 heterocycles. The van der Waals surface area contributed by atoms with Crippen molar-refractivity contribution in [3.8, 4) is 11.3 Å². The van der Waals surface area contributed by atoms with Gasteiger partial charge in [-0.15, -0.1) is 0 Å². The Morgan fingerprint density at radius 3 is 2.44 bits per heavy atom. The molecule has 3 nitrogen and oxygen atoms in total. The van der Waals surface area contributed by atoms with Gasteiger partial charge >= 0.3 is 0 Å². The van der Waals surface area contributed by atoms with E-state index in [2.05, 4.69) is 16.0 Å². The summed E-state index contributed by atoms with van der Waals surface area (Å²) in [5, 5.41) is 0. The molecule has 0 radical (unpaired) electrons. The summed E-state index contributed by atoms with van der Waals surface area (Å²) >= 11 is 0. The fourth-order valence-corrected chi connectivity index (χ4v) is 1.75. The highest BCUT2D eigenvalue weighted by Crippen LogP contribution is 2.25. The maximum Gasteiger partial charge on any atom is 0.126 e. The van der Waals surface area contributed by atoms with Crippen LogP contribution in [0.25, 0.3) is 11.3 Å². The molecule has 82 valence electrons. The van der Waals surface area contributed by atoms with Gasteiger partial charge in [0.15, 0.2) is 0 Å². The Bertz CT molecular complexity index is 512. The first-order valence-electron chi connectivity index (χ1n) is 5.25. The van der Waals surface area contributed by atoms with Crippen LogP contribution in [0.2, 0.25) is 0 Å². The Balaban J connectivity index is 2.62. The van der Waals surface area contributed by atoms with Gasteiger partial charge in [0.25, 0.3) is 0 Å². The third-order valence-corrected chi connectivity index (χ3v) is 2.45. The number of aromatic nitrogens is 2. The van der Waals surface area contributed by atoms with Crippen LogP contribution in [0.15, 0.2) is 24.3 Å². The van der Waals surface area contributed by atoms with Gasteiger partial charge in [-0.2, -0.15) is 0 Å². The van der Waals surface area contributed by atoms with Crippen LogP contribution in [0.3, 0.4) is 0 Å². The fraction of sp³-hybridized carbons (Fsp3) is 0.231. The minimum absolute atomic E-state index is 0.753. The highest BCUT2D eigenvalue weighted by Gasteiger charge is 2.06. The van der Waals surface area contributed by atoms with E-state index in [1.807, 2.05) is 39.0 Å². The van der Waals surface area contributed by atoms with Crippen molar-refractivity contribution in [1.82, 2.24) is 9.97 Å². The average Bonchev–Trinajstić information content (AvgIpc) is 2.20. The molecule has 3 heteroatoms. The first kappa shape index (κ1) is 10.6. The molecular weight excluding hydrogens is 198 g/mol. The third-order valence-electron chi connectivity index (χ3n) is 2.45. The Morgan fingerprint density at radius 1 is 1.00 bits per heavy atom. The molecule has 16 heavy (non-hydrogen) atoms. The number of rotatable bonds is 1. The predicted octanol–water partition coefficient (Wildman–Crippen LogP) is 2.65. The maximum atomic E-state index is 5.96. The first-order valence-corrected chi connectivity index (χ1v) is 5.25. The van der Waals surface area contributed by atoms with Gasteiger partial charge in [0.2, 0.25) is 0 Å². The number of hydrogen-bond acceptors (Lipinski definition) is 3. The second-order valence-corrected chi connectivity index (χ2v) is 4.03. The van der Waals surface area contributed by atoms with Crippen LogP contribution in [0.1, 0.15) is 17.1 Å². The average molecular weight is 213 g/mol. The third kappa shape index (κ3) is 2.03. The molecule has 0 spiro atoms. The Morgan fingerprint density at radius 2 is 1.75 bits per heavy atom. The minimum atomic E-state index is 0.753. The lowest BCUT2D eigenvalue weighted by Crippen LogP contribution is -1.97. The van der Waals surface area contributed by atoms with E-state index in [0.717, 1.165) is 28.5 Å². The molecule has 0 aliphatic rings. The van der Waals surface area contributed by atoms with Gasteiger partial charge in [-0.1, -0.05) is 11.6 Å².